The molecule has 0 aromatic heterocycles. The molecule has 1 atom stereocenters. The number of aliphatic hydroxyl groups excluding tert-OH is 1. The first-order valence-electron chi connectivity index (χ1n) is 5.10. The Balaban J connectivity index is 3.58. The fourth-order valence-electron chi connectivity index (χ4n) is 1.01. The Morgan fingerprint density at radius 2 is 1.71 bits per heavy atom. The highest BCUT2D eigenvalue weighted by Gasteiger charge is 2.17. The largest absolute Gasteiger partial charge is 0.394 e. The van der Waals surface area contributed by atoms with Crippen molar-refractivity contribution in [1.29, 1.82) is 0 Å². The Morgan fingerprint density at radius 1 is 1.14 bits per heavy atom. The van der Waals surface area contributed by atoms with Gasteiger partial charge in [-0.05, 0) is 41.0 Å². The van der Waals surface area contributed by atoms with Crippen LogP contribution in [0, 0.1) is 0 Å². The molecule has 0 spiro atoms. The lowest BCUT2D eigenvalue weighted by Gasteiger charge is -2.26. The number of hydrogen-bond donors (Lipinski definition) is 2. The number of nitrogens with two attached hydrogens (primary N) is 1. The van der Waals surface area contributed by atoms with Crippen molar-refractivity contribution >= 4 is 0 Å². The van der Waals surface area contributed by atoms with E-state index in [9.17, 15) is 0 Å². The first-order valence-corrected chi connectivity index (χ1v) is 5.10. The van der Waals surface area contributed by atoms with Gasteiger partial charge in [0.25, 0.3) is 0 Å². The lowest BCUT2D eigenvalue weighted by molar-refractivity contribution is 0.180. The molecule has 0 aliphatic carbocycles. The zero-order valence-electron chi connectivity index (χ0n) is 9.95. The van der Waals surface area contributed by atoms with Gasteiger partial charge in [0.05, 0.1) is 6.61 Å². The van der Waals surface area contributed by atoms with Crippen molar-refractivity contribution in [3.63, 3.8) is 0 Å². The van der Waals surface area contributed by atoms with E-state index in [0.717, 1.165) is 26.1 Å². The highest BCUT2D eigenvalue weighted by atomic mass is 16.3. The lowest BCUT2D eigenvalue weighted by atomic mass is 10.0. The van der Waals surface area contributed by atoms with Crippen molar-refractivity contribution in [2.24, 2.45) is 5.73 Å². The Morgan fingerprint density at radius 3 is 2.14 bits per heavy atom. The molecule has 4 nitrogen and oxygen atoms in total. The predicted octanol–water partition coefficient (Wildman–Crippen LogP) is -0.420. The van der Waals surface area contributed by atoms with Crippen molar-refractivity contribution in [1.82, 2.24) is 9.80 Å². The summed E-state index contributed by atoms with van der Waals surface area (Å²) in [6.07, 6.45) is 0.827. The van der Waals surface area contributed by atoms with Gasteiger partial charge in [0.15, 0.2) is 0 Å². The minimum absolute atomic E-state index is 0.0501. The summed E-state index contributed by atoms with van der Waals surface area (Å²) < 4.78 is 0. The van der Waals surface area contributed by atoms with Crippen molar-refractivity contribution in [3.8, 4) is 0 Å². The fourth-order valence-corrected chi connectivity index (χ4v) is 1.01. The summed E-state index contributed by atoms with van der Waals surface area (Å²) in [4.78, 5) is 4.39. The van der Waals surface area contributed by atoms with E-state index in [1.807, 2.05) is 6.92 Å². The van der Waals surface area contributed by atoms with E-state index < -0.39 is 5.54 Å². The van der Waals surface area contributed by atoms with E-state index in [2.05, 4.69) is 30.9 Å². The van der Waals surface area contributed by atoms with Crippen LogP contribution in [0.3, 0.4) is 0 Å². The van der Waals surface area contributed by atoms with Crippen molar-refractivity contribution in [2.75, 3.05) is 47.4 Å². The molecule has 0 bridgehead atoms. The summed E-state index contributed by atoms with van der Waals surface area (Å²) in [5, 5.41) is 8.97. The van der Waals surface area contributed by atoms with E-state index in [1.165, 1.54) is 0 Å². The zero-order valence-corrected chi connectivity index (χ0v) is 9.95. The van der Waals surface area contributed by atoms with Gasteiger partial charge in [0.1, 0.15) is 0 Å². The summed E-state index contributed by atoms with van der Waals surface area (Å²) in [7, 11) is 6.21. The molecule has 4 heteroatoms. The zero-order chi connectivity index (χ0) is 11.2. The number of aliphatic hydroxyl groups is 1. The second-order valence-corrected chi connectivity index (χ2v) is 4.67. The average molecular weight is 203 g/mol. The Bertz CT molecular complexity index is 148. The van der Waals surface area contributed by atoms with Crippen LogP contribution in [0.4, 0.5) is 0 Å². The molecule has 0 radical (unpaired) electrons. The van der Waals surface area contributed by atoms with Crippen LogP contribution in [0.1, 0.15) is 13.3 Å². The lowest BCUT2D eigenvalue weighted by Crippen LogP contribution is -2.43. The molecule has 0 aromatic rings. The second kappa shape index (κ2) is 6.35. The monoisotopic (exact) mass is 203 g/mol. The van der Waals surface area contributed by atoms with Crippen LogP contribution >= 0.6 is 0 Å². The third-order valence-electron chi connectivity index (χ3n) is 2.35. The van der Waals surface area contributed by atoms with Gasteiger partial charge in [-0.25, -0.2) is 0 Å². The molecule has 3 N–H and O–H groups in total. The molecule has 0 fully saturated rings. The molecule has 0 aliphatic rings. The summed E-state index contributed by atoms with van der Waals surface area (Å²) in [6, 6.07) is 0. The minimum atomic E-state index is -0.438. The minimum Gasteiger partial charge on any atom is -0.394 e. The van der Waals surface area contributed by atoms with Crippen molar-refractivity contribution in [3.05, 3.63) is 0 Å². The van der Waals surface area contributed by atoms with E-state index in [1.54, 1.807) is 0 Å². The summed E-state index contributed by atoms with van der Waals surface area (Å²) in [5.74, 6) is 0. The molecule has 86 valence electrons. The third kappa shape index (κ3) is 7.26. The van der Waals surface area contributed by atoms with Gasteiger partial charge in [-0.1, -0.05) is 0 Å². The summed E-state index contributed by atoms with van der Waals surface area (Å²) in [5.41, 5.74) is 5.40. The molecule has 0 amide bonds. The molecule has 0 heterocycles. The van der Waals surface area contributed by atoms with Gasteiger partial charge in [-0.2, -0.15) is 0 Å². The van der Waals surface area contributed by atoms with Gasteiger partial charge in [-0.3, -0.25) is 0 Å². The van der Waals surface area contributed by atoms with Gasteiger partial charge >= 0.3 is 0 Å². The van der Waals surface area contributed by atoms with Crippen LogP contribution in [0.25, 0.3) is 0 Å². The Labute approximate surface area is 87.7 Å². The van der Waals surface area contributed by atoms with E-state index >= 15 is 0 Å². The van der Waals surface area contributed by atoms with Crippen LogP contribution < -0.4 is 5.73 Å². The molecule has 0 aliphatic heterocycles. The van der Waals surface area contributed by atoms with Gasteiger partial charge in [0.2, 0.25) is 0 Å². The van der Waals surface area contributed by atoms with Crippen molar-refractivity contribution in [2.45, 2.75) is 18.9 Å². The SMILES string of the molecule is CN(C)CCN(C)CCC(C)(N)CO. The van der Waals surface area contributed by atoms with Crippen molar-refractivity contribution < 1.29 is 5.11 Å². The van der Waals surface area contributed by atoms with Gasteiger partial charge < -0.3 is 20.6 Å². The molecule has 0 aromatic carbocycles. The smallest absolute Gasteiger partial charge is 0.0608 e. The van der Waals surface area contributed by atoms with Crippen LogP contribution in [0.15, 0.2) is 0 Å². The van der Waals surface area contributed by atoms with Gasteiger partial charge in [0, 0.05) is 18.6 Å². The number of rotatable bonds is 7. The Kier molecular flexibility index (Phi) is 6.27. The molecular formula is C10H25N3O. The maximum absolute atomic E-state index is 8.97. The first kappa shape index (κ1) is 13.8. The maximum atomic E-state index is 8.97. The topological polar surface area (TPSA) is 52.7 Å². The summed E-state index contributed by atoms with van der Waals surface area (Å²) >= 11 is 0. The molecule has 0 rings (SSSR count). The van der Waals surface area contributed by atoms with Gasteiger partial charge in [-0.15, -0.1) is 0 Å². The number of hydrogen-bond acceptors (Lipinski definition) is 4. The highest BCUT2D eigenvalue weighted by Crippen LogP contribution is 2.04. The first-order chi connectivity index (χ1) is 6.37. The van der Waals surface area contributed by atoms with Crippen LogP contribution in [0.2, 0.25) is 0 Å². The highest BCUT2D eigenvalue weighted by molar-refractivity contribution is 4.78. The fraction of sp³-hybridized carbons (Fsp3) is 1.00. The van der Waals surface area contributed by atoms with Crippen LogP contribution in [-0.2, 0) is 0 Å². The quantitative estimate of drug-likeness (QED) is 0.590. The normalized spacial score (nSPS) is 16.3. The molecule has 0 saturated carbocycles. The predicted molar refractivity (Wildman–Crippen MR) is 60.3 cm³/mol. The molecular weight excluding hydrogens is 178 g/mol. The van der Waals surface area contributed by atoms with Crippen LogP contribution in [0.5, 0.6) is 0 Å². The Hall–Kier alpha value is -0.160. The van der Waals surface area contributed by atoms with E-state index in [0.29, 0.717) is 0 Å². The molecule has 0 saturated heterocycles. The van der Waals surface area contributed by atoms with E-state index in [-0.39, 0.29) is 6.61 Å². The van der Waals surface area contributed by atoms with E-state index in [4.69, 9.17) is 10.8 Å². The summed E-state index contributed by atoms with van der Waals surface area (Å²) in [6.45, 7) is 4.95. The second-order valence-electron chi connectivity index (χ2n) is 4.67. The van der Waals surface area contributed by atoms with Crippen LogP contribution in [-0.4, -0.2) is 67.8 Å². The number of likely N-dealkylation sites (N-methyl/N-ethyl adjacent to an activating group) is 2. The molecule has 14 heavy (non-hydrogen) atoms. The number of nitrogens with zero attached hydrogens (tertiary/aromatic N) is 2. The molecule has 1 unspecified atom stereocenters. The standard InChI is InChI=1S/C10H25N3O/c1-10(11,9-14)5-6-13(4)8-7-12(2)3/h14H,5-9,11H2,1-4H3. The third-order valence-corrected chi connectivity index (χ3v) is 2.35. The maximum Gasteiger partial charge on any atom is 0.0608 e. The average Bonchev–Trinajstić information content (AvgIpc) is 2.11.